The summed E-state index contributed by atoms with van der Waals surface area (Å²) in [5, 5.41) is 6.65. The molecule has 0 aromatic carbocycles. The Morgan fingerprint density at radius 3 is 2.45 bits per heavy atom. The van der Waals surface area contributed by atoms with Crippen molar-refractivity contribution < 1.29 is 22.4 Å². The van der Waals surface area contributed by atoms with E-state index in [0.29, 0.717) is 11.1 Å². The summed E-state index contributed by atoms with van der Waals surface area (Å²) < 4.78 is 47.2. The molecule has 0 atom stereocenters. The SMILES string of the molecule is O=C(NCC12CC3CC(CC(C3)C1)C2)c1nn2c(C(F)(F)F)cc(-c3ccco3)nc2c1Cl. The first kappa shape index (κ1) is 21.0. The van der Waals surface area contributed by atoms with Crippen molar-refractivity contribution in [3.8, 4) is 11.5 Å². The molecule has 4 aliphatic carbocycles. The predicted octanol–water partition coefficient (Wildman–Crippen LogP) is 5.61. The smallest absolute Gasteiger partial charge is 0.433 e. The average molecular weight is 479 g/mol. The molecule has 6 nitrogen and oxygen atoms in total. The Labute approximate surface area is 192 Å². The largest absolute Gasteiger partial charge is 0.463 e. The van der Waals surface area contributed by atoms with Gasteiger partial charge in [-0.05, 0) is 79.9 Å². The summed E-state index contributed by atoms with van der Waals surface area (Å²) in [6, 6.07) is 3.89. The lowest BCUT2D eigenvalue weighted by Crippen LogP contribution is -2.51. The van der Waals surface area contributed by atoms with Crippen LogP contribution in [0.5, 0.6) is 0 Å². The Hall–Kier alpha value is -2.55. The maximum Gasteiger partial charge on any atom is 0.433 e. The number of nitrogens with zero attached hydrogens (tertiary/aromatic N) is 3. The molecule has 4 aliphatic rings. The lowest BCUT2D eigenvalue weighted by Gasteiger charge is -2.56. The number of hydrogen-bond donors (Lipinski definition) is 1. The molecule has 3 aromatic rings. The van der Waals surface area contributed by atoms with Gasteiger partial charge < -0.3 is 9.73 Å². The minimum absolute atomic E-state index is 0.0397. The van der Waals surface area contributed by atoms with Gasteiger partial charge in [0.2, 0.25) is 0 Å². The van der Waals surface area contributed by atoms with Crippen LogP contribution in [0.25, 0.3) is 17.1 Å². The fraction of sp³-hybridized carbons (Fsp3) is 0.522. The summed E-state index contributed by atoms with van der Waals surface area (Å²) in [5.74, 6) is 1.77. The third-order valence-electron chi connectivity index (χ3n) is 7.60. The summed E-state index contributed by atoms with van der Waals surface area (Å²) in [5.41, 5.74) is -1.53. The van der Waals surface area contributed by atoms with Gasteiger partial charge in [-0.2, -0.15) is 18.3 Å². The highest BCUT2D eigenvalue weighted by Gasteiger charge is 2.50. The van der Waals surface area contributed by atoms with Crippen LogP contribution >= 0.6 is 11.6 Å². The Morgan fingerprint density at radius 2 is 1.88 bits per heavy atom. The molecule has 1 amide bonds. The van der Waals surface area contributed by atoms with Crippen molar-refractivity contribution in [2.24, 2.45) is 23.2 Å². The van der Waals surface area contributed by atoms with E-state index < -0.39 is 17.8 Å². The molecule has 0 spiro atoms. The summed E-state index contributed by atoms with van der Waals surface area (Å²) in [4.78, 5) is 17.2. The van der Waals surface area contributed by atoms with Crippen molar-refractivity contribution in [3.63, 3.8) is 0 Å². The molecule has 4 saturated carbocycles. The summed E-state index contributed by atoms with van der Waals surface area (Å²) in [6.07, 6.45) is 3.78. The van der Waals surface area contributed by atoms with Crippen LogP contribution in [0.4, 0.5) is 13.2 Å². The lowest BCUT2D eigenvalue weighted by molar-refractivity contribution is -0.142. The number of carbonyl (C=O) groups excluding carboxylic acids is 1. The molecule has 0 saturated heterocycles. The third kappa shape index (κ3) is 3.52. The number of alkyl halides is 3. The van der Waals surface area contributed by atoms with E-state index in [0.717, 1.165) is 43.1 Å². The zero-order valence-corrected chi connectivity index (χ0v) is 18.4. The fourth-order valence-corrected chi connectivity index (χ4v) is 6.99. The molecule has 0 aliphatic heterocycles. The van der Waals surface area contributed by atoms with Crippen LogP contribution in [0.1, 0.15) is 54.7 Å². The van der Waals surface area contributed by atoms with Gasteiger partial charge in [-0.25, -0.2) is 9.50 Å². The van der Waals surface area contributed by atoms with Gasteiger partial charge >= 0.3 is 6.18 Å². The number of amides is 1. The molecule has 0 radical (unpaired) electrons. The molecule has 174 valence electrons. The van der Waals surface area contributed by atoms with Crippen LogP contribution in [-0.2, 0) is 6.18 Å². The Bertz CT molecular complexity index is 1200. The molecular weight excluding hydrogens is 457 g/mol. The van der Waals surface area contributed by atoms with Crippen LogP contribution in [0.3, 0.4) is 0 Å². The van der Waals surface area contributed by atoms with Crippen molar-refractivity contribution in [3.05, 3.63) is 40.9 Å². The zero-order chi connectivity index (χ0) is 23.0. The van der Waals surface area contributed by atoms with Crippen molar-refractivity contribution in [1.29, 1.82) is 0 Å². The predicted molar refractivity (Wildman–Crippen MR) is 114 cm³/mol. The molecule has 1 N–H and O–H groups in total. The average Bonchev–Trinajstić information content (AvgIpc) is 3.38. The van der Waals surface area contributed by atoms with Gasteiger partial charge in [0.05, 0.1) is 6.26 Å². The highest BCUT2D eigenvalue weighted by Crippen LogP contribution is 2.59. The van der Waals surface area contributed by atoms with E-state index >= 15 is 0 Å². The first-order chi connectivity index (χ1) is 15.7. The van der Waals surface area contributed by atoms with E-state index in [4.69, 9.17) is 16.0 Å². The first-order valence-corrected chi connectivity index (χ1v) is 11.6. The fourth-order valence-electron chi connectivity index (χ4n) is 6.75. The Kier molecular flexibility index (Phi) is 4.60. The Balaban J connectivity index is 1.32. The van der Waals surface area contributed by atoms with Gasteiger partial charge in [0, 0.05) is 6.54 Å². The molecule has 4 fully saturated rings. The van der Waals surface area contributed by atoms with E-state index in [1.165, 1.54) is 31.6 Å². The van der Waals surface area contributed by atoms with E-state index in [1.54, 1.807) is 6.07 Å². The van der Waals surface area contributed by atoms with Gasteiger partial charge in [-0.15, -0.1) is 0 Å². The minimum atomic E-state index is -4.73. The zero-order valence-electron chi connectivity index (χ0n) is 17.7. The Morgan fingerprint density at radius 1 is 1.21 bits per heavy atom. The van der Waals surface area contributed by atoms with E-state index in [-0.39, 0.29) is 33.2 Å². The second kappa shape index (κ2) is 7.22. The van der Waals surface area contributed by atoms with Gasteiger partial charge in [0.25, 0.3) is 5.91 Å². The van der Waals surface area contributed by atoms with Crippen LogP contribution in [-0.4, -0.2) is 27.0 Å². The van der Waals surface area contributed by atoms with E-state index in [9.17, 15) is 18.0 Å². The number of halogens is 4. The van der Waals surface area contributed by atoms with Crippen LogP contribution in [0.15, 0.2) is 28.9 Å². The second-order valence-corrected chi connectivity index (χ2v) is 10.4. The standard InChI is InChI=1S/C23H22ClF3N4O2/c24-18-19(21(32)28-11-22-8-12-4-13(9-22)6-14(5-12)10-22)30-31-17(23(25,26)27)7-15(29-20(18)31)16-2-1-3-33-16/h1-3,7,12-14H,4-6,8-11H2,(H,28,32). The number of rotatable bonds is 4. The number of fused-ring (bicyclic) bond motifs is 1. The molecule has 3 heterocycles. The van der Waals surface area contributed by atoms with E-state index in [1.807, 2.05) is 0 Å². The minimum Gasteiger partial charge on any atom is -0.463 e. The summed E-state index contributed by atoms with van der Waals surface area (Å²) in [6.45, 7) is 0.497. The van der Waals surface area contributed by atoms with Crippen molar-refractivity contribution in [2.45, 2.75) is 44.7 Å². The van der Waals surface area contributed by atoms with Gasteiger partial charge in [-0.1, -0.05) is 11.6 Å². The molecule has 0 unspecified atom stereocenters. The number of nitrogens with one attached hydrogen (secondary N) is 1. The van der Waals surface area contributed by atoms with Gasteiger partial charge in [-0.3, -0.25) is 4.79 Å². The molecular formula is C23H22ClF3N4O2. The molecule has 7 rings (SSSR count). The summed E-state index contributed by atoms with van der Waals surface area (Å²) in [7, 11) is 0. The number of carbonyl (C=O) groups is 1. The molecule has 4 bridgehead atoms. The van der Waals surface area contributed by atoms with Crippen molar-refractivity contribution in [1.82, 2.24) is 19.9 Å². The summed E-state index contributed by atoms with van der Waals surface area (Å²) >= 11 is 6.36. The lowest BCUT2D eigenvalue weighted by atomic mass is 9.49. The maximum atomic E-state index is 13.8. The monoisotopic (exact) mass is 478 g/mol. The number of furan rings is 1. The van der Waals surface area contributed by atoms with Crippen molar-refractivity contribution >= 4 is 23.2 Å². The van der Waals surface area contributed by atoms with Crippen LogP contribution < -0.4 is 5.32 Å². The van der Waals surface area contributed by atoms with E-state index in [2.05, 4.69) is 15.4 Å². The maximum absolute atomic E-state index is 13.8. The molecule has 33 heavy (non-hydrogen) atoms. The van der Waals surface area contributed by atoms with Crippen LogP contribution in [0, 0.1) is 23.2 Å². The highest BCUT2D eigenvalue weighted by atomic mass is 35.5. The first-order valence-electron chi connectivity index (χ1n) is 11.2. The van der Waals surface area contributed by atoms with Gasteiger partial charge in [0.15, 0.2) is 22.8 Å². The normalized spacial score (nSPS) is 28.5. The molecule has 10 heteroatoms. The third-order valence-corrected chi connectivity index (χ3v) is 7.95. The highest BCUT2D eigenvalue weighted by molar-refractivity contribution is 6.36. The second-order valence-electron chi connectivity index (χ2n) is 10.00. The molecule has 3 aromatic heterocycles. The van der Waals surface area contributed by atoms with Crippen LogP contribution in [0.2, 0.25) is 5.02 Å². The topological polar surface area (TPSA) is 72.4 Å². The number of hydrogen-bond acceptors (Lipinski definition) is 4. The van der Waals surface area contributed by atoms with Gasteiger partial charge in [0.1, 0.15) is 10.7 Å². The number of aromatic nitrogens is 3. The quantitative estimate of drug-likeness (QED) is 0.529. The van der Waals surface area contributed by atoms with Crippen molar-refractivity contribution in [2.75, 3.05) is 6.54 Å².